The number of benzene rings is 1. The van der Waals surface area contributed by atoms with E-state index in [9.17, 15) is 14.9 Å². The van der Waals surface area contributed by atoms with Gasteiger partial charge in [0.05, 0.1) is 4.92 Å². The third-order valence-electron chi connectivity index (χ3n) is 1.61. The van der Waals surface area contributed by atoms with Gasteiger partial charge in [-0.2, -0.15) is 5.10 Å². The highest BCUT2D eigenvalue weighted by molar-refractivity contribution is 5.94. The van der Waals surface area contributed by atoms with E-state index in [1.165, 1.54) is 30.5 Å². The van der Waals surface area contributed by atoms with Crippen LogP contribution in [0.4, 0.5) is 5.69 Å². The normalized spacial score (nSPS) is 10.2. The average molecular weight is 207 g/mol. The first-order valence-electron chi connectivity index (χ1n) is 4.17. The molecule has 0 aromatic heterocycles. The van der Waals surface area contributed by atoms with Crippen molar-refractivity contribution in [3.63, 3.8) is 0 Å². The smallest absolute Gasteiger partial charge is 0.267 e. The summed E-state index contributed by atoms with van der Waals surface area (Å²) < 4.78 is 0. The van der Waals surface area contributed by atoms with Gasteiger partial charge in [0, 0.05) is 23.9 Å². The molecular weight excluding hydrogens is 198 g/mol. The number of nitrogens with zero attached hydrogens (tertiary/aromatic N) is 2. The van der Waals surface area contributed by atoms with Crippen molar-refractivity contribution in [2.45, 2.75) is 6.92 Å². The van der Waals surface area contributed by atoms with Gasteiger partial charge in [0.1, 0.15) is 0 Å². The molecule has 0 saturated heterocycles. The zero-order valence-corrected chi connectivity index (χ0v) is 8.01. The fourth-order valence-corrected chi connectivity index (χ4v) is 0.948. The molecule has 78 valence electrons. The second kappa shape index (κ2) is 4.85. The first-order chi connectivity index (χ1) is 7.15. The molecule has 1 rings (SSSR count). The molecule has 1 aromatic carbocycles. The molecule has 0 atom stereocenters. The Hall–Kier alpha value is -2.24. The first-order valence-corrected chi connectivity index (χ1v) is 4.17. The quantitative estimate of drug-likeness (QED) is 0.461. The van der Waals surface area contributed by atoms with Crippen molar-refractivity contribution in [3.05, 3.63) is 39.9 Å². The highest BCUT2D eigenvalue weighted by Crippen LogP contribution is 2.12. The molecule has 6 nitrogen and oxygen atoms in total. The third kappa shape index (κ3) is 2.87. The molecule has 0 unspecified atom stereocenters. The summed E-state index contributed by atoms with van der Waals surface area (Å²) in [4.78, 5) is 21.2. The average Bonchev–Trinajstić information content (AvgIpc) is 2.26. The molecule has 1 aromatic rings. The second-order valence-corrected chi connectivity index (χ2v) is 2.64. The number of hydrogen-bond donors (Lipinski definition) is 1. The largest absolute Gasteiger partial charge is 0.271 e. The summed E-state index contributed by atoms with van der Waals surface area (Å²) in [5.41, 5.74) is 2.30. The van der Waals surface area contributed by atoms with Crippen molar-refractivity contribution in [1.29, 1.82) is 0 Å². The molecule has 0 heterocycles. The standard InChI is InChI=1S/C9H9N3O3/c1-2-10-11-9(13)7-4-3-5-8(6-7)12(14)15/h2-6H,1H3,(H,11,13)/b10-2-. The number of rotatable bonds is 3. The predicted octanol–water partition coefficient (Wildman–Crippen LogP) is 1.33. The zero-order valence-electron chi connectivity index (χ0n) is 8.01. The Bertz CT molecular complexity index is 415. The van der Waals surface area contributed by atoms with Crippen molar-refractivity contribution >= 4 is 17.8 Å². The summed E-state index contributed by atoms with van der Waals surface area (Å²) in [7, 11) is 0. The minimum Gasteiger partial charge on any atom is -0.267 e. The lowest BCUT2D eigenvalue weighted by atomic mass is 10.2. The molecule has 0 aliphatic carbocycles. The molecule has 0 aliphatic heterocycles. The first kappa shape index (κ1) is 10.8. The second-order valence-electron chi connectivity index (χ2n) is 2.64. The molecule has 0 bridgehead atoms. The summed E-state index contributed by atoms with van der Waals surface area (Å²) in [5.74, 6) is -0.475. The van der Waals surface area contributed by atoms with E-state index in [1.807, 2.05) is 0 Å². The number of amides is 1. The molecule has 0 radical (unpaired) electrons. The van der Waals surface area contributed by atoms with Crippen LogP contribution in [0.1, 0.15) is 17.3 Å². The van der Waals surface area contributed by atoms with Crippen LogP contribution >= 0.6 is 0 Å². The topological polar surface area (TPSA) is 84.6 Å². The summed E-state index contributed by atoms with van der Waals surface area (Å²) in [6, 6.07) is 5.44. The van der Waals surface area contributed by atoms with Crippen molar-refractivity contribution in [2.24, 2.45) is 5.10 Å². The van der Waals surface area contributed by atoms with Gasteiger partial charge >= 0.3 is 0 Å². The predicted molar refractivity (Wildman–Crippen MR) is 54.7 cm³/mol. The highest BCUT2D eigenvalue weighted by Gasteiger charge is 2.10. The Kier molecular flexibility index (Phi) is 3.50. The van der Waals surface area contributed by atoms with E-state index in [-0.39, 0.29) is 11.3 Å². The maximum atomic E-state index is 11.3. The zero-order chi connectivity index (χ0) is 11.3. The summed E-state index contributed by atoms with van der Waals surface area (Å²) in [6.45, 7) is 1.65. The van der Waals surface area contributed by atoms with Crippen molar-refractivity contribution in [2.75, 3.05) is 0 Å². The minimum absolute atomic E-state index is 0.122. The molecule has 1 N–H and O–H groups in total. The van der Waals surface area contributed by atoms with Gasteiger partial charge in [0.2, 0.25) is 0 Å². The minimum atomic E-state index is -0.556. The van der Waals surface area contributed by atoms with E-state index < -0.39 is 10.8 Å². The number of non-ortho nitro benzene ring substituents is 1. The van der Waals surface area contributed by atoms with Crippen LogP contribution in [0.5, 0.6) is 0 Å². The lowest BCUT2D eigenvalue weighted by Crippen LogP contribution is -2.17. The van der Waals surface area contributed by atoms with Gasteiger partial charge < -0.3 is 0 Å². The van der Waals surface area contributed by atoms with Crippen molar-refractivity contribution in [1.82, 2.24) is 5.43 Å². The number of hydrazone groups is 1. The Balaban J connectivity index is 2.90. The van der Waals surface area contributed by atoms with E-state index in [4.69, 9.17) is 0 Å². The van der Waals surface area contributed by atoms with Crippen LogP contribution in [0.15, 0.2) is 29.4 Å². The van der Waals surface area contributed by atoms with E-state index in [2.05, 4.69) is 10.5 Å². The van der Waals surface area contributed by atoms with Gasteiger partial charge in [-0.25, -0.2) is 5.43 Å². The van der Waals surface area contributed by atoms with Gasteiger partial charge in [-0.15, -0.1) is 0 Å². The molecule has 1 amide bonds. The molecule has 0 saturated carbocycles. The van der Waals surface area contributed by atoms with Crippen LogP contribution in [0.3, 0.4) is 0 Å². The summed E-state index contributed by atoms with van der Waals surface area (Å²) >= 11 is 0. The van der Waals surface area contributed by atoms with E-state index >= 15 is 0 Å². The van der Waals surface area contributed by atoms with Crippen molar-refractivity contribution < 1.29 is 9.72 Å². The van der Waals surface area contributed by atoms with Crippen LogP contribution in [-0.2, 0) is 0 Å². The lowest BCUT2D eigenvalue weighted by molar-refractivity contribution is -0.384. The van der Waals surface area contributed by atoms with E-state index in [0.717, 1.165) is 0 Å². The SMILES string of the molecule is C/C=N\NC(=O)c1cccc([N+](=O)[O-])c1. The number of nitro benzene ring substituents is 1. The van der Waals surface area contributed by atoms with Gasteiger partial charge in [0.25, 0.3) is 11.6 Å². The number of nitrogens with one attached hydrogen (secondary N) is 1. The Morgan fingerprint density at radius 3 is 2.93 bits per heavy atom. The van der Waals surface area contributed by atoms with Gasteiger partial charge in [0.15, 0.2) is 0 Å². The van der Waals surface area contributed by atoms with E-state index in [1.54, 1.807) is 6.92 Å². The molecule has 6 heteroatoms. The molecule has 0 spiro atoms. The lowest BCUT2D eigenvalue weighted by Gasteiger charge is -1.98. The Morgan fingerprint density at radius 1 is 1.60 bits per heavy atom. The highest BCUT2D eigenvalue weighted by atomic mass is 16.6. The van der Waals surface area contributed by atoms with Crippen LogP contribution in [0.25, 0.3) is 0 Å². The fraction of sp³-hybridized carbons (Fsp3) is 0.111. The number of nitro groups is 1. The van der Waals surface area contributed by atoms with Crippen LogP contribution in [0.2, 0.25) is 0 Å². The molecule has 0 fully saturated rings. The van der Waals surface area contributed by atoms with Gasteiger partial charge in [-0.3, -0.25) is 14.9 Å². The van der Waals surface area contributed by atoms with Gasteiger partial charge in [-0.05, 0) is 13.0 Å². The van der Waals surface area contributed by atoms with Gasteiger partial charge in [-0.1, -0.05) is 6.07 Å². The number of carbonyl (C=O) groups is 1. The number of carbonyl (C=O) groups excluding carboxylic acids is 1. The van der Waals surface area contributed by atoms with Crippen LogP contribution < -0.4 is 5.43 Å². The number of hydrogen-bond acceptors (Lipinski definition) is 4. The maximum Gasteiger partial charge on any atom is 0.271 e. The maximum absolute atomic E-state index is 11.3. The summed E-state index contributed by atoms with van der Waals surface area (Å²) in [6.07, 6.45) is 1.41. The van der Waals surface area contributed by atoms with E-state index in [0.29, 0.717) is 0 Å². The Labute approximate surface area is 85.8 Å². The monoisotopic (exact) mass is 207 g/mol. The summed E-state index contributed by atoms with van der Waals surface area (Å²) in [5, 5.41) is 14.0. The molecule has 0 aliphatic rings. The Morgan fingerprint density at radius 2 is 2.33 bits per heavy atom. The van der Waals surface area contributed by atoms with Crippen LogP contribution in [0, 0.1) is 10.1 Å². The fourth-order valence-electron chi connectivity index (χ4n) is 0.948. The van der Waals surface area contributed by atoms with Crippen molar-refractivity contribution in [3.8, 4) is 0 Å². The third-order valence-corrected chi connectivity index (χ3v) is 1.61. The van der Waals surface area contributed by atoms with Crippen LogP contribution in [-0.4, -0.2) is 17.0 Å². The molecular formula is C9H9N3O3. The molecule has 15 heavy (non-hydrogen) atoms.